The third kappa shape index (κ3) is 3.69. The lowest BCUT2D eigenvalue weighted by Gasteiger charge is -2.16. The van der Waals surface area contributed by atoms with Crippen LogP contribution in [0, 0.1) is 0 Å². The van der Waals surface area contributed by atoms with Crippen LogP contribution in [0.3, 0.4) is 0 Å². The summed E-state index contributed by atoms with van der Waals surface area (Å²) in [7, 11) is 0. The fourth-order valence-corrected chi connectivity index (χ4v) is 1.01. The van der Waals surface area contributed by atoms with Gasteiger partial charge in [-0.25, -0.2) is 0 Å². The first kappa shape index (κ1) is 11.7. The Kier molecular flexibility index (Phi) is 3.45. The molecular weight excluding hydrogens is 204 g/mol. The summed E-state index contributed by atoms with van der Waals surface area (Å²) in [6, 6.07) is 4.86. The van der Waals surface area contributed by atoms with E-state index < -0.39 is 12.4 Å². The summed E-state index contributed by atoms with van der Waals surface area (Å²) in [5.74, 6) is 0.217. The molecule has 0 bridgehead atoms. The highest BCUT2D eigenvalue weighted by atomic mass is 19.4. The van der Waals surface area contributed by atoms with E-state index in [-0.39, 0.29) is 12.4 Å². The molecular formula is C10H11BF3O-. The molecule has 0 unspecified atom stereocenters. The van der Waals surface area contributed by atoms with Crippen LogP contribution in [-0.2, 0) is 0 Å². The van der Waals surface area contributed by atoms with E-state index >= 15 is 0 Å². The number of hydrogen-bond acceptors (Lipinski definition) is 1. The summed E-state index contributed by atoms with van der Waals surface area (Å²) < 4.78 is 42.2. The van der Waals surface area contributed by atoms with Crippen molar-refractivity contribution in [2.75, 3.05) is 6.61 Å². The van der Waals surface area contributed by atoms with Crippen LogP contribution in [0.2, 0.25) is 0 Å². The van der Waals surface area contributed by atoms with Crippen LogP contribution in [0.25, 0.3) is 0 Å². The van der Waals surface area contributed by atoms with Gasteiger partial charge in [0.25, 0.3) is 0 Å². The largest absolute Gasteiger partial charge is 0.509 e. The minimum Gasteiger partial charge on any atom is -0.489 e. The van der Waals surface area contributed by atoms with Crippen LogP contribution >= 0.6 is 0 Å². The summed E-state index contributed by atoms with van der Waals surface area (Å²) in [5.41, 5.74) is 0.118. The Balaban J connectivity index is 2.79. The fourth-order valence-electron chi connectivity index (χ4n) is 1.01. The second kappa shape index (κ2) is 4.42. The zero-order chi connectivity index (χ0) is 11.5. The number of hydrogen-bond donors (Lipinski definition) is 0. The molecule has 0 aliphatic rings. The maximum atomic E-state index is 12.4. The van der Waals surface area contributed by atoms with Crippen LogP contribution in [-0.4, -0.2) is 13.6 Å². The molecule has 0 spiro atoms. The lowest BCUT2D eigenvalue weighted by Crippen LogP contribution is -2.33. The Morgan fingerprint density at radius 1 is 1.40 bits per heavy atom. The molecule has 0 aliphatic heterocycles. The third-order valence-corrected chi connectivity index (χ3v) is 1.72. The molecule has 1 nitrogen and oxygen atoms in total. The highest BCUT2D eigenvalue weighted by molar-refractivity contribution is 6.73. The minimum atomic E-state index is -4.96. The van der Waals surface area contributed by atoms with Gasteiger partial charge in [0.1, 0.15) is 12.4 Å². The topological polar surface area (TPSA) is 9.23 Å². The van der Waals surface area contributed by atoms with Gasteiger partial charge < -0.3 is 17.7 Å². The Hall–Kier alpha value is -1.39. The van der Waals surface area contributed by atoms with E-state index in [0.717, 1.165) is 17.7 Å². The summed E-state index contributed by atoms with van der Waals surface area (Å²) in [4.78, 5) is 0. The Labute approximate surface area is 86.6 Å². The van der Waals surface area contributed by atoms with Crippen molar-refractivity contribution in [2.45, 2.75) is 6.92 Å². The standard InChI is InChI=1S/C10H11BF3O/c1-8(2)7-15-10-5-3-4-9(6-10)11(12,13)14/h3-6H,1,7H2,2H3/q-1. The van der Waals surface area contributed by atoms with Gasteiger partial charge in [-0.05, 0) is 24.6 Å². The fraction of sp³-hybridized carbons (Fsp3) is 0.200. The predicted octanol–water partition coefficient (Wildman–Crippen LogP) is 2.70. The minimum absolute atomic E-state index is 0.217. The molecule has 0 saturated heterocycles. The lowest BCUT2D eigenvalue weighted by atomic mass is 9.80. The van der Waals surface area contributed by atoms with E-state index in [0.29, 0.717) is 0 Å². The number of rotatable bonds is 4. The first-order chi connectivity index (χ1) is 6.89. The molecule has 0 radical (unpaired) electrons. The molecule has 0 saturated carbocycles. The van der Waals surface area contributed by atoms with Crippen molar-refractivity contribution in [3.05, 3.63) is 36.4 Å². The van der Waals surface area contributed by atoms with Crippen LogP contribution in [0.5, 0.6) is 5.75 Å². The average Bonchev–Trinajstić information content (AvgIpc) is 2.14. The monoisotopic (exact) mass is 215 g/mol. The van der Waals surface area contributed by atoms with Crippen molar-refractivity contribution in [3.8, 4) is 5.75 Å². The van der Waals surface area contributed by atoms with Gasteiger partial charge >= 0.3 is 6.98 Å². The zero-order valence-corrected chi connectivity index (χ0v) is 8.34. The maximum absolute atomic E-state index is 12.4. The molecule has 0 N–H and O–H groups in total. The SMILES string of the molecule is C=C(C)COc1cccc([B-](F)(F)F)c1. The lowest BCUT2D eigenvalue weighted by molar-refractivity contribution is 0.352. The normalized spacial score (nSPS) is 11.2. The third-order valence-electron chi connectivity index (χ3n) is 1.72. The molecule has 1 rings (SSSR count). The second-order valence-corrected chi connectivity index (χ2v) is 3.39. The molecule has 0 aromatic heterocycles. The Morgan fingerprint density at radius 3 is 2.60 bits per heavy atom. The molecule has 5 heteroatoms. The zero-order valence-electron chi connectivity index (χ0n) is 8.34. The van der Waals surface area contributed by atoms with Gasteiger partial charge in [0, 0.05) is 0 Å². The second-order valence-electron chi connectivity index (χ2n) is 3.39. The van der Waals surface area contributed by atoms with E-state index in [2.05, 4.69) is 6.58 Å². The molecule has 0 aliphatic carbocycles. The summed E-state index contributed by atoms with van der Waals surface area (Å²) in [5, 5.41) is 0. The number of halogens is 3. The van der Waals surface area contributed by atoms with E-state index in [1.807, 2.05) is 0 Å². The molecule has 0 atom stereocenters. The van der Waals surface area contributed by atoms with Crippen molar-refractivity contribution in [1.29, 1.82) is 0 Å². The van der Waals surface area contributed by atoms with Crippen molar-refractivity contribution >= 4 is 12.4 Å². The van der Waals surface area contributed by atoms with Crippen molar-refractivity contribution in [3.63, 3.8) is 0 Å². The van der Waals surface area contributed by atoms with E-state index in [1.165, 1.54) is 12.1 Å². The van der Waals surface area contributed by atoms with Crippen molar-refractivity contribution in [2.24, 2.45) is 0 Å². The summed E-state index contributed by atoms with van der Waals surface area (Å²) in [6.07, 6.45) is 0. The van der Waals surface area contributed by atoms with Crippen LogP contribution in [0.15, 0.2) is 36.4 Å². The molecule has 1 aromatic rings. The Morgan fingerprint density at radius 2 is 2.07 bits per heavy atom. The van der Waals surface area contributed by atoms with Gasteiger partial charge in [0.05, 0.1) is 0 Å². The van der Waals surface area contributed by atoms with Gasteiger partial charge in [0.2, 0.25) is 0 Å². The predicted molar refractivity (Wildman–Crippen MR) is 55.5 cm³/mol. The molecule has 0 amide bonds. The molecule has 82 valence electrons. The van der Waals surface area contributed by atoms with Gasteiger partial charge in [0.15, 0.2) is 0 Å². The van der Waals surface area contributed by atoms with Gasteiger partial charge in [-0.1, -0.05) is 18.7 Å². The first-order valence-electron chi connectivity index (χ1n) is 4.46. The van der Waals surface area contributed by atoms with Crippen molar-refractivity contribution < 1.29 is 17.7 Å². The molecule has 0 fully saturated rings. The highest BCUT2D eigenvalue weighted by Crippen LogP contribution is 2.14. The van der Waals surface area contributed by atoms with Gasteiger partial charge in [-0.2, -0.15) is 0 Å². The maximum Gasteiger partial charge on any atom is 0.509 e. The van der Waals surface area contributed by atoms with Crippen LogP contribution < -0.4 is 10.2 Å². The van der Waals surface area contributed by atoms with Crippen LogP contribution in [0.4, 0.5) is 12.9 Å². The summed E-state index contributed by atoms with van der Waals surface area (Å²) in [6.45, 7) is 0.619. The Bertz CT molecular complexity index is 360. The van der Waals surface area contributed by atoms with E-state index in [4.69, 9.17) is 4.74 Å². The van der Waals surface area contributed by atoms with E-state index in [9.17, 15) is 12.9 Å². The summed E-state index contributed by atoms with van der Waals surface area (Å²) >= 11 is 0. The number of benzene rings is 1. The van der Waals surface area contributed by atoms with Crippen LogP contribution in [0.1, 0.15) is 6.92 Å². The highest BCUT2D eigenvalue weighted by Gasteiger charge is 2.25. The first-order valence-corrected chi connectivity index (χ1v) is 4.46. The average molecular weight is 215 g/mol. The van der Waals surface area contributed by atoms with Crippen molar-refractivity contribution in [1.82, 2.24) is 0 Å². The smallest absolute Gasteiger partial charge is 0.489 e. The number of ether oxygens (including phenoxy) is 1. The molecule has 1 aromatic carbocycles. The molecule has 15 heavy (non-hydrogen) atoms. The quantitative estimate of drug-likeness (QED) is 0.554. The van der Waals surface area contributed by atoms with Gasteiger partial charge in [-0.3, -0.25) is 0 Å². The van der Waals surface area contributed by atoms with Gasteiger partial charge in [-0.15, -0.1) is 5.46 Å². The van der Waals surface area contributed by atoms with E-state index in [1.54, 1.807) is 6.92 Å². The molecule has 0 heterocycles.